The highest BCUT2D eigenvalue weighted by atomic mass is 16.5. The molecule has 13 amide bonds. The van der Waals surface area contributed by atoms with E-state index in [1.807, 2.05) is 13.8 Å². The summed E-state index contributed by atoms with van der Waals surface area (Å²) in [7, 11) is 1.26. The molecule has 0 spiro atoms. The number of rotatable bonds is 12. The molecule has 1 aliphatic rings. The van der Waals surface area contributed by atoms with Gasteiger partial charge in [0.15, 0.2) is 0 Å². The van der Waals surface area contributed by atoms with E-state index in [4.69, 9.17) is 21.9 Å². The average Bonchev–Trinajstić information content (AvgIpc) is 2.68. The lowest BCUT2D eigenvalue weighted by Gasteiger charge is -2.31. The number of methoxy groups -OCH3 is 1. The highest BCUT2D eigenvalue weighted by Crippen LogP contribution is 2.23. The first kappa shape index (κ1) is 74.3. The third-order valence-electron chi connectivity index (χ3n) is 14.6. The van der Waals surface area contributed by atoms with Crippen LogP contribution in [0.25, 0.3) is 0 Å². The molecule has 2 aromatic rings. The van der Waals surface area contributed by atoms with Gasteiger partial charge in [0, 0.05) is 31.6 Å². The van der Waals surface area contributed by atoms with Crippen molar-refractivity contribution < 1.29 is 72.2 Å². The Morgan fingerprint density at radius 3 is 1.64 bits per heavy atom. The summed E-state index contributed by atoms with van der Waals surface area (Å²) >= 11 is 0. The van der Waals surface area contributed by atoms with E-state index in [0.717, 1.165) is 6.07 Å². The molecule has 0 radical (unpaired) electrons. The fourth-order valence-corrected chi connectivity index (χ4v) is 9.02. The largest absolute Gasteiger partial charge is 0.508 e. The van der Waals surface area contributed by atoms with Crippen LogP contribution in [0.15, 0.2) is 42.5 Å². The van der Waals surface area contributed by atoms with Crippen LogP contribution in [0.1, 0.15) is 130 Å². The van der Waals surface area contributed by atoms with Crippen LogP contribution in [0.3, 0.4) is 0 Å². The van der Waals surface area contributed by atoms with Gasteiger partial charge < -0.3 is 80.2 Å². The highest BCUT2D eigenvalue weighted by molar-refractivity contribution is 6.40. The van der Waals surface area contributed by atoms with Crippen LogP contribution in [0.5, 0.6) is 11.5 Å². The summed E-state index contributed by atoms with van der Waals surface area (Å²) in [6.45, 7) is 14.8. The number of fused-ring (bicyclic) bond motifs is 2. The number of benzene rings is 2. The number of amides is 13. The molecule has 10 atom stereocenters. The van der Waals surface area contributed by atoms with Crippen molar-refractivity contribution in [1.29, 1.82) is 0 Å². The zero-order chi connectivity index (χ0) is 66.8. The number of hydrogen-bond acceptors (Lipinski definition) is 17. The molecule has 2 bridgehead atoms. The highest BCUT2D eigenvalue weighted by Gasteiger charge is 2.37. The Bertz CT molecular complexity index is 2830. The lowest BCUT2D eigenvalue weighted by Crippen LogP contribution is -2.61. The van der Waals surface area contributed by atoms with E-state index in [1.54, 1.807) is 53.7 Å². The van der Waals surface area contributed by atoms with Crippen molar-refractivity contribution in [2.75, 3.05) is 25.5 Å². The number of aromatic hydroxyl groups is 1. The molecular weight excluding hydrogens is 1160 g/mol. The van der Waals surface area contributed by atoms with E-state index in [9.17, 15) is 67.4 Å². The van der Waals surface area contributed by atoms with Gasteiger partial charge in [-0.15, -0.1) is 0 Å². The van der Waals surface area contributed by atoms with Crippen molar-refractivity contribution in [3.63, 3.8) is 0 Å². The minimum atomic E-state index is -1.48. The van der Waals surface area contributed by atoms with Gasteiger partial charge in [0.25, 0.3) is 11.8 Å². The Balaban J connectivity index is 1.99. The van der Waals surface area contributed by atoms with E-state index in [0.29, 0.717) is 12.0 Å². The summed E-state index contributed by atoms with van der Waals surface area (Å²) in [5, 5.41) is 35.9. The standard InChI is InChI=1S/C59H91N15O15/c1-11-32(8)47-57(86)71-46(31(6)7)56(85)69-42(27-34-16-19-36(75)20-17-34)53(82)64-25-13-15-39(61)51(80)74-73-49(78)37-28-35(18-22-43(37)89-10)66-59(88)58(87)65-33(9)48(77)68-41(26-29(2)3)52(81)63-24-12-14-38(60)50(79)70-45(30(4)5)55(84)67-40(54(83)72-47)21-23-44(62)76/h16-20,22,28-33,38-42,45-47,75H,11-15,21,23-27,60-61H2,1-10H3,(H2,62,76)(H,63,81)(H,64,82)(H,65,87)(H,66,88)(H,67,84)(H,68,77)(H,69,85)(H,70,79)(H,71,86)(H,72,83)(H,73,78)(H,74,80)/t32-,33-,38-,39-,40-,41-,42-,45-,46-,47-/m0/s1. The second kappa shape index (κ2) is 36.4. The quantitative estimate of drug-likeness (QED) is 0.101. The summed E-state index contributed by atoms with van der Waals surface area (Å²) in [5.41, 5.74) is 22.6. The molecule has 19 N–H and O–H groups in total. The van der Waals surface area contributed by atoms with E-state index in [2.05, 4.69) is 64.0 Å². The van der Waals surface area contributed by atoms with Gasteiger partial charge in [-0.2, -0.15) is 0 Å². The third-order valence-corrected chi connectivity index (χ3v) is 14.6. The number of nitrogens with one attached hydrogen (secondary N) is 12. The summed E-state index contributed by atoms with van der Waals surface area (Å²) in [6, 6.07) is -1.93. The number of phenols is 1. The van der Waals surface area contributed by atoms with Crippen LogP contribution >= 0.6 is 0 Å². The second-order valence-corrected chi connectivity index (χ2v) is 23.1. The normalized spacial score (nSPS) is 24.4. The lowest BCUT2D eigenvalue weighted by atomic mass is 9.95. The third kappa shape index (κ3) is 24.6. The van der Waals surface area contributed by atoms with Crippen molar-refractivity contribution in [3.05, 3.63) is 53.6 Å². The van der Waals surface area contributed by atoms with Crippen LogP contribution in [-0.4, -0.2) is 156 Å². The first-order chi connectivity index (χ1) is 41.9. The maximum Gasteiger partial charge on any atom is 0.313 e. The van der Waals surface area contributed by atoms with Crippen molar-refractivity contribution >= 4 is 82.5 Å². The first-order valence-electron chi connectivity index (χ1n) is 29.7. The van der Waals surface area contributed by atoms with Crippen molar-refractivity contribution in [2.24, 2.45) is 40.9 Å². The van der Waals surface area contributed by atoms with Gasteiger partial charge in [-0.1, -0.05) is 73.9 Å². The maximum atomic E-state index is 14.3. The summed E-state index contributed by atoms with van der Waals surface area (Å²) in [4.78, 5) is 176. The number of hydrazine groups is 1. The SMILES string of the molecule is CC[C@H](C)[C@@H]1NC(=O)[C@H](CCC(N)=O)NC(=O)[C@H](C(C)C)NC(=O)[C@@H](N)CCCNC(=O)[C@H](CC(C)C)NC(=O)[C@H](C)NC(=O)C(=O)Nc2ccc(OC)c(c2)C(=O)NNC(=O)[C@@H](N)CCCNC(=O)[C@H](Cc2ccc(O)cc2)NC(=O)[C@H](C(C)C)NC1=O. The molecule has 89 heavy (non-hydrogen) atoms. The molecule has 30 nitrogen and oxygen atoms in total. The van der Waals surface area contributed by atoms with Gasteiger partial charge in [-0.25, -0.2) is 0 Å². The molecule has 0 saturated carbocycles. The van der Waals surface area contributed by atoms with E-state index >= 15 is 0 Å². The maximum absolute atomic E-state index is 14.3. The van der Waals surface area contributed by atoms with Crippen molar-refractivity contribution in [2.45, 2.75) is 174 Å². The summed E-state index contributed by atoms with van der Waals surface area (Å²) in [6.07, 6.45) is -0.0757. The molecule has 1 aliphatic heterocycles. The Labute approximate surface area is 517 Å². The molecule has 492 valence electrons. The molecule has 2 aromatic carbocycles. The number of hydrogen-bond donors (Lipinski definition) is 16. The molecule has 0 saturated heterocycles. The fraction of sp³-hybridized carbons (Fsp3) is 0.576. The first-order valence-corrected chi connectivity index (χ1v) is 29.7. The predicted molar refractivity (Wildman–Crippen MR) is 326 cm³/mol. The van der Waals surface area contributed by atoms with Gasteiger partial charge in [0.1, 0.15) is 53.8 Å². The summed E-state index contributed by atoms with van der Waals surface area (Å²) in [5.74, 6) is -13.2. The minimum absolute atomic E-state index is 0.00105. The van der Waals surface area contributed by atoms with Gasteiger partial charge in [0.2, 0.25) is 53.2 Å². The number of nitrogens with two attached hydrogens (primary N) is 3. The zero-order valence-electron chi connectivity index (χ0n) is 52.2. The van der Waals surface area contributed by atoms with Crippen LogP contribution < -0.4 is 86.0 Å². The molecule has 0 aromatic heterocycles. The fourth-order valence-electron chi connectivity index (χ4n) is 9.02. The minimum Gasteiger partial charge on any atom is -0.508 e. The second-order valence-electron chi connectivity index (χ2n) is 23.1. The molecule has 30 heteroatoms. The Morgan fingerprint density at radius 2 is 1.10 bits per heavy atom. The van der Waals surface area contributed by atoms with Crippen molar-refractivity contribution in [1.82, 2.24) is 58.7 Å². The van der Waals surface area contributed by atoms with E-state index < -0.39 is 149 Å². The van der Waals surface area contributed by atoms with Crippen LogP contribution in [0.4, 0.5) is 5.69 Å². The number of anilines is 1. The van der Waals surface area contributed by atoms with Gasteiger partial charge in [-0.05, 0) is 105 Å². The molecule has 0 unspecified atom stereocenters. The van der Waals surface area contributed by atoms with E-state index in [1.165, 1.54) is 38.3 Å². The van der Waals surface area contributed by atoms with Gasteiger partial charge in [0.05, 0.1) is 24.8 Å². The van der Waals surface area contributed by atoms with Gasteiger partial charge in [-0.3, -0.25) is 73.2 Å². The topological polar surface area (TPSA) is 474 Å². The molecule has 0 fully saturated rings. The Morgan fingerprint density at radius 1 is 0.584 bits per heavy atom. The van der Waals surface area contributed by atoms with Crippen LogP contribution in [0, 0.1) is 23.7 Å². The molecule has 3 rings (SSSR count). The lowest BCUT2D eigenvalue weighted by molar-refractivity contribution is -0.138. The predicted octanol–water partition coefficient (Wildman–Crippen LogP) is -2.11. The monoisotopic (exact) mass is 1250 g/mol. The number of ether oxygens (including phenoxy) is 1. The smallest absolute Gasteiger partial charge is 0.313 e. The zero-order valence-corrected chi connectivity index (χ0v) is 52.2. The average molecular weight is 1250 g/mol. The number of carbonyl (C=O) groups is 13. The van der Waals surface area contributed by atoms with Gasteiger partial charge >= 0.3 is 11.8 Å². The molecular formula is C59H91N15O15. The molecule has 0 aliphatic carbocycles. The number of primary amides is 1. The van der Waals surface area contributed by atoms with Crippen LogP contribution in [0.2, 0.25) is 0 Å². The number of phenolic OH excluding ortho intramolecular Hbond substituents is 1. The van der Waals surface area contributed by atoms with Crippen molar-refractivity contribution in [3.8, 4) is 11.5 Å². The van der Waals surface area contributed by atoms with Crippen LogP contribution in [-0.2, 0) is 64.0 Å². The Hall–Kier alpha value is -8.93. The van der Waals surface area contributed by atoms with E-state index in [-0.39, 0.29) is 93.1 Å². The summed E-state index contributed by atoms with van der Waals surface area (Å²) < 4.78 is 5.29. The molecule has 1 heterocycles. The number of carbonyl (C=O) groups excluding carboxylic acids is 13. The Kier molecular flexibility index (Phi) is 30.4.